The average molecular weight is 297 g/mol. The number of methoxy groups -OCH3 is 1. The first-order valence-corrected chi connectivity index (χ1v) is 7.31. The first kappa shape index (κ1) is 15.1. The van der Waals surface area contributed by atoms with E-state index in [1.165, 1.54) is 0 Å². The van der Waals surface area contributed by atoms with Gasteiger partial charge in [-0.2, -0.15) is 0 Å². The molecule has 20 heavy (non-hydrogen) atoms. The van der Waals surface area contributed by atoms with Gasteiger partial charge < -0.3 is 15.4 Å². The highest BCUT2D eigenvalue weighted by atomic mass is 35.5. The Bertz CT molecular complexity index is 485. The second-order valence-corrected chi connectivity index (χ2v) is 5.57. The first-order chi connectivity index (χ1) is 9.63. The van der Waals surface area contributed by atoms with E-state index >= 15 is 0 Å². The zero-order valence-corrected chi connectivity index (χ0v) is 12.7. The lowest BCUT2D eigenvalue weighted by Gasteiger charge is -2.25. The van der Waals surface area contributed by atoms with Gasteiger partial charge in [0.2, 0.25) is 5.91 Å². The van der Waals surface area contributed by atoms with Gasteiger partial charge in [0.15, 0.2) is 0 Å². The van der Waals surface area contributed by atoms with Crippen LogP contribution >= 0.6 is 11.6 Å². The SMILES string of the molecule is CCC1(C(=O)NCc2c(Cl)cccc2OC)CCNC1. The molecule has 0 aromatic heterocycles. The fourth-order valence-corrected chi connectivity index (χ4v) is 2.89. The quantitative estimate of drug-likeness (QED) is 0.877. The Morgan fingerprint density at radius 3 is 2.95 bits per heavy atom. The molecule has 1 aliphatic rings. The average Bonchev–Trinajstić information content (AvgIpc) is 2.95. The van der Waals surface area contributed by atoms with Crippen molar-refractivity contribution in [1.82, 2.24) is 10.6 Å². The summed E-state index contributed by atoms with van der Waals surface area (Å²) in [5, 5.41) is 6.88. The molecule has 1 heterocycles. The van der Waals surface area contributed by atoms with Crippen LogP contribution in [-0.2, 0) is 11.3 Å². The number of hydrogen-bond acceptors (Lipinski definition) is 3. The molecule has 0 spiro atoms. The maximum Gasteiger partial charge on any atom is 0.227 e. The Morgan fingerprint density at radius 2 is 2.35 bits per heavy atom. The highest BCUT2D eigenvalue weighted by Gasteiger charge is 2.39. The molecule has 0 bridgehead atoms. The predicted octanol–water partition coefficient (Wildman–Crippen LogP) is 2.35. The molecule has 4 nitrogen and oxygen atoms in total. The van der Waals surface area contributed by atoms with Gasteiger partial charge in [0.1, 0.15) is 5.75 Å². The molecule has 2 rings (SSSR count). The summed E-state index contributed by atoms with van der Waals surface area (Å²) < 4.78 is 5.29. The first-order valence-electron chi connectivity index (χ1n) is 6.93. The molecule has 1 aliphatic heterocycles. The lowest BCUT2D eigenvalue weighted by Crippen LogP contribution is -2.41. The van der Waals surface area contributed by atoms with Crippen molar-refractivity contribution in [1.29, 1.82) is 0 Å². The number of halogens is 1. The van der Waals surface area contributed by atoms with Crippen LogP contribution in [0, 0.1) is 5.41 Å². The second kappa shape index (κ2) is 6.46. The third-order valence-corrected chi connectivity index (χ3v) is 4.48. The van der Waals surface area contributed by atoms with Crippen LogP contribution in [0.1, 0.15) is 25.3 Å². The van der Waals surface area contributed by atoms with E-state index in [0.29, 0.717) is 17.3 Å². The normalized spacial score (nSPS) is 21.8. The number of amides is 1. The Hall–Kier alpha value is -1.26. The summed E-state index contributed by atoms with van der Waals surface area (Å²) in [7, 11) is 1.60. The van der Waals surface area contributed by atoms with E-state index in [2.05, 4.69) is 17.6 Å². The molecule has 0 saturated carbocycles. The highest BCUT2D eigenvalue weighted by molar-refractivity contribution is 6.31. The Balaban J connectivity index is 2.07. The second-order valence-electron chi connectivity index (χ2n) is 5.16. The third kappa shape index (κ3) is 2.91. The van der Waals surface area contributed by atoms with E-state index in [0.717, 1.165) is 31.5 Å². The monoisotopic (exact) mass is 296 g/mol. The van der Waals surface area contributed by atoms with Crippen molar-refractivity contribution in [2.24, 2.45) is 5.41 Å². The van der Waals surface area contributed by atoms with E-state index in [4.69, 9.17) is 16.3 Å². The Morgan fingerprint density at radius 1 is 1.55 bits per heavy atom. The molecule has 2 N–H and O–H groups in total. The molecule has 1 aromatic carbocycles. The number of ether oxygens (including phenoxy) is 1. The molecule has 110 valence electrons. The van der Waals surface area contributed by atoms with Crippen LogP contribution in [-0.4, -0.2) is 26.1 Å². The molecule has 5 heteroatoms. The van der Waals surface area contributed by atoms with Gasteiger partial charge in [-0.25, -0.2) is 0 Å². The minimum absolute atomic E-state index is 0.0898. The highest BCUT2D eigenvalue weighted by Crippen LogP contribution is 2.30. The topological polar surface area (TPSA) is 50.4 Å². The van der Waals surface area contributed by atoms with Crippen molar-refractivity contribution in [2.75, 3.05) is 20.2 Å². The maximum atomic E-state index is 12.4. The van der Waals surface area contributed by atoms with Crippen molar-refractivity contribution < 1.29 is 9.53 Å². The fourth-order valence-electron chi connectivity index (χ4n) is 2.66. The van der Waals surface area contributed by atoms with Crippen molar-refractivity contribution in [3.8, 4) is 5.75 Å². The van der Waals surface area contributed by atoms with E-state index in [-0.39, 0.29) is 11.3 Å². The molecule has 1 saturated heterocycles. The lowest BCUT2D eigenvalue weighted by atomic mass is 9.83. The van der Waals surface area contributed by atoms with Gasteiger partial charge in [-0.3, -0.25) is 4.79 Å². The number of hydrogen-bond donors (Lipinski definition) is 2. The number of carbonyl (C=O) groups excluding carboxylic acids is 1. The van der Waals surface area contributed by atoms with Crippen molar-refractivity contribution in [3.05, 3.63) is 28.8 Å². The van der Waals surface area contributed by atoms with E-state index in [1.807, 2.05) is 12.1 Å². The molecule has 0 aliphatic carbocycles. The predicted molar refractivity (Wildman–Crippen MR) is 80.1 cm³/mol. The van der Waals surface area contributed by atoms with Crippen LogP contribution in [0.25, 0.3) is 0 Å². The molecule has 1 aromatic rings. The fraction of sp³-hybridized carbons (Fsp3) is 0.533. The largest absolute Gasteiger partial charge is 0.496 e. The molecule has 1 unspecified atom stereocenters. The van der Waals surface area contributed by atoms with Gasteiger partial charge in [0.05, 0.1) is 12.5 Å². The molecule has 0 radical (unpaired) electrons. The van der Waals surface area contributed by atoms with Crippen LogP contribution in [0.4, 0.5) is 0 Å². The van der Waals surface area contributed by atoms with Gasteiger partial charge in [-0.05, 0) is 31.5 Å². The van der Waals surface area contributed by atoms with Gasteiger partial charge in [0, 0.05) is 23.7 Å². The summed E-state index contributed by atoms with van der Waals surface area (Å²) in [4.78, 5) is 12.4. The summed E-state index contributed by atoms with van der Waals surface area (Å²) in [5.41, 5.74) is 0.538. The molecular weight excluding hydrogens is 276 g/mol. The van der Waals surface area contributed by atoms with Crippen LogP contribution in [0.15, 0.2) is 18.2 Å². The summed E-state index contributed by atoms with van der Waals surface area (Å²) in [6, 6.07) is 5.49. The summed E-state index contributed by atoms with van der Waals surface area (Å²) in [5.74, 6) is 0.792. The third-order valence-electron chi connectivity index (χ3n) is 4.12. The van der Waals surface area contributed by atoms with Crippen molar-refractivity contribution in [3.63, 3.8) is 0 Å². The van der Waals surface area contributed by atoms with E-state index < -0.39 is 0 Å². The van der Waals surface area contributed by atoms with Gasteiger partial charge in [-0.15, -0.1) is 0 Å². The summed E-state index contributed by atoms with van der Waals surface area (Å²) in [6.07, 6.45) is 1.72. The maximum absolute atomic E-state index is 12.4. The Labute approximate surface area is 124 Å². The van der Waals surface area contributed by atoms with E-state index in [9.17, 15) is 4.79 Å². The van der Waals surface area contributed by atoms with Crippen LogP contribution in [0.2, 0.25) is 5.02 Å². The number of nitrogens with one attached hydrogen (secondary N) is 2. The van der Waals surface area contributed by atoms with Crippen LogP contribution < -0.4 is 15.4 Å². The standard InChI is InChI=1S/C15H21ClN2O2/c1-3-15(7-8-17-10-15)14(19)18-9-11-12(16)5-4-6-13(11)20-2/h4-6,17H,3,7-10H2,1-2H3,(H,18,19). The minimum Gasteiger partial charge on any atom is -0.496 e. The Kier molecular flexibility index (Phi) is 4.89. The van der Waals surface area contributed by atoms with Gasteiger partial charge >= 0.3 is 0 Å². The smallest absolute Gasteiger partial charge is 0.227 e. The van der Waals surface area contributed by atoms with Gasteiger partial charge in [-0.1, -0.05) is 24.6 Å². The van der Waals surface area contributed by atoms with Crippen LogP contribution in [0.5, 0.6) is 5.75 Å². The number of benzene rings is 1. The minimum atomic E-state index is -0.283. The number of carbonyl (C=O) groups is 1. The summed E-state index contributed by atoms with van der Waals surface area (Å²) >= 11 is 6.18. The zero-order valence-electron chi connectivity index (χ0n) is 12.0. The molecule has 1 fully saturated rings. The van der Waals surface area contributed by atoms with E-state index in [1.54, 1.807) is 13.2 Å². The summed E-state index contributed by atoms with van der Waals surface area (Å²) in [6.45, 7) is 4.09. The van der Waals surface area contributed by atoms with Crippen molar-refractivity contribution in [2.45, 2.75) is 26.3 Å². The molecule has 1 atom stereocenters. The van der Waals surface area contributed by atoms with Crippen molar-refractivity contribution >= 4 is 17.5 Å². The zero-order chi connectivity index (χ0) is 14.6. The van der Waals surface area contributed by atoms with Crippen LogP contribution in [0.3, 0.4) is 0 Å². The number of rotatable bonds is 5. The van der Waals surface area contributed by atoms with Gasteiger partial charge in [0.25, 0.3) is 0 Å². The molecular formula is C15H21ClN2O2. The molecule has 1 amide bonds. The lowest BCUT2D eigenvalue weighted by molar-refractivity contribution is -0.130.